The molecule has 0 saturated heterocycles. The number of nitrogens with one attached hydrogen (secondary N) is 1. The molecule has 0 atom stereocenters. The fraction of sp³-hybridized carbons (Fsp3) is 0.143. The SMILES string of the molecule is CCc1ccc(S(=O)(=O)Nc2c(F)c(F)cc(F)c2F)cc1. The Bertz CT molecular complexity index is 778. The summed E-state index contributed by atoms with van der Waals surface area (Å²) in [6.45, 7) is 1.86. The molecule has 118 valence electrons. The Morgan fingerprint density at radius 2 is 1.45 bits per heavy atom. The van der Waals surface area contributed by atoms with E-state index in [-0.39, 0.29) is 11.0 Å². The van der Waals surface area contributed by atoms with Gasteiger partial charge in [0.25, 0.3) is 10.0 Å². The van der Waals surface area contributed by atoms with Gasteiger partial charge in [-0.15, -0.1) is 0 Å². The zero-order chi connectivity index (χ0) is 16.5. The first kappa shape index (κ1) is 16.3. The van der Waals surface area contributed by atoms with Crippen molar-refractivity contribution in [2.45, 2.75) is 18.2 Å². The van der Waals surface area contributed by atoms with Gasteiger partial charge in [-0.05, 0) is 24.1 Å². The van der Waals surface area contributed by atoms with E-state index in [9.17, 15) is 26.0 Å². The smallest absolute Gasteiger partial charge is 0.262 e. The van der Waals surface area contributed by atoms with Gasteiger partial charge in [-0.2, -0.15) is 0 Å². The van der Waals surface area contributed by atoms with Crippen LogP contribution in [-0.2, 0) is 16.4 Å². The van der Waals surface area contributed by atoms with Crippen LogP contribution in [0, 0.1) is 23.3 Å². The van der Waals surface area contributed by atoms with E-state index in [2.05, 4.69) is 0 Å². The van der Waals surface area contributed by atoms with Crippen molar-refractivity contribution in [3.05, 3.63) is 59.2 Å². The highest BCUT2D eigenvalue weighted by molar-refractivity contribution is 7.92. The Labute approximate surface area is 124 Å². The third kappa shape index (κ3) is 3.06. The Hall–Kier alpha value is -2.09. The second-order valence-electron chi connectivity index (χ2n) is 4.45. The van der Waals surface area contributed by atoms with E-state index in [0.29, 0.717) is 6.42 Å². The van der Waals surface area contributed by atoms with Crippen LogP contribution in [-0.4, -0.2) is 8.42 Å². The van der Waals surface area contributed by atoms with Crippen LogP contribution in [0.25, 0.3) is 0 Å². The van der Waals surface area contributed by atoms with Crippen molar-refractivity contribution in [1.82, 2.24) is 0 Å². The van der Waals surface area contributed by atoms with Gasteiger partial charge in [0.15, 0.2) is 23.3 Å². The van der Waals surface area contributed by atoms with Crippen molar-refractivity contribution in [2.24, 2.45) is 0 Å². The van der Waals surface area contributed by atoms with Crippen LogP contribution in [0.15, 0.2) is 35.2 Å². The van der Waals surface area contributed by atoms with Gasteiger partial charge in [0.05, 0.1) is 4.90 Å². The zero-order valence-corrected chi connectivity index (χ0v) is 12.1. The number of aryl methyl sites for hydroxylation is 1. The maximum Gasteiger partial charge on any atom is 0.262 e. The first-order valence-corrected chi connectivity index (χ1v) is 7.69. The Morgan fingerprint density at radius 3 is 1.91 bits per heavy atom. The number of anilines is 1. The summed E-state index contributed by atoms with van der Waals surface area (Å²) in [6.07, 6.45) is 0.673. The van der Waals surface area contributed by atoms with Gasteiger partial charge in [0.1, 0.15) is 5.69 Å². The van der Waals surface area contributed by atoms with Crippen LogP contribution in [0.4, 0.5) is 23.2 Å². The molecule has 8 heteroatoms. The number of halogens is 4. The molecule has 0 spiro atoms. The fourth-order valence-electron chi connectivity index (χ4n) is 1.76. The molecular weight excluding hydrogens is 322 g/mol. The zero-order valence-electron chi connectivity index (χ0n) is 11.3. The van der Waals surface area contributed by atoms with Crippen molar-refractivity contribution < 1.29 is 26.0 Å². The molecule has 2 aromatic carbocycles. The van der Waals surface area contributed by atoms with Crippen molar-refractivity contribution in [2.75, 3.05) is 4.72 Å². The molecule has 0 aliphatic heterocycles. The number of hydrogen-bond acceptors (Lipinski definition) is 2. The van der Waals surface area contributed by atoms with Crippen molar-refractivity contribution >= 4 is 15.7 Å². The summed E-state index contributed by atoms with van der Waals surface area (Å²) in [4.78, 5) is -0.284. The summed E-state index contributed by atoms with van der Waals surface area (Å²) >= 11 is 0. The van der Waals surface area contributed by atoms with E-state index in [1.54, 1.807) is 0 Å². The Kier molecular flexibility index (Phi) is 4.41. The molecule has 22 heavy (non-hydrogen) atoms. The van der Waals surface area contributed by atoms with Gasteiger partial charge in [-0.1, -0.05) is 19.1 Å². The largest absolute Gasteiger partial charge is 0.274 e. The molecule has 0 bridgehead atoms. The maximum absolute atomic E-state index is 13.5. The number of sulfonamides is 1. The van der Waals surface area contributed by atoms with Crippen molar-refractivity contribution in [1.29, 1.82) is 0 Å². The predicted molar refractivity (Wildman–Crippen MR) is 72.9 cm³/mol. The van der Waals surface area contributed by atoms with Gasteiger partial charge in [-0.3, -0.25) is 4.72 Å². The molecule has 0 radical (unpaired) electrons. The highest BCUT2D eigenvalue weighted by Gasteiger charge is 2.24. The Balaban J connectivity index is 2.45. The lowest BCUT2D eigenvalue weighted by Crippen LogP contribution is -2.16. The molecule has 2 aromatic rings. The van der Waals surface area contributed by atoms with Crippen molar-refractivity contribution in [3.63, 3.8) is 0 Å². The fourth-order valence-corrected chi connectivity index (χ4v) is 2.82. The first-order chi connectivity index (χ1) is 10.3. The second-order valence-corrected chi connectivity index (χ2v) is 6.13. The highest BCUT2D eigenvalue weighted by Crippen LogP contribution is 2.26. The summed E-state index contributed by atoms with van der Waals surface area (Å²) in [5, 5.41) is 0. The molecule has 0 saturated carbocycles. The van der Waals surface area contributed by atoms with Crippen LogP contribution in [0.2, 0.25) is 0 Å². The average Bonchev–Trinajstić information content (AvgIpc) is 2.49. The van der Waals surface area contributed by atoms with Crippen LogP contribution >= 0.6 is 0 Å². The molecule has 0 unspecified atom stereocenters. The molecule has 0 aliphatic carbocycles. The van der Waals surface area contributed by atoms with E-state index in [1.807, 2.05) is 6.92 Å². The number of benzene rings is 2. The van der Waals surface area contributed by atoms with E-state index in [1.165, 1.54) is 29.0 Å². The second kappa shape index (κ2) is 5.96. The van der Waals surface area contributed by atoms with Gasteiger partial charge >= 0.3 is 0 Å². The minimum absolute atomic E-state index is 0.00148. The van der Waals surface area contributed by atoms with E-state index in [0.717, 1.165) is 5.56 Å². The minimum atomic E-state index is -4.38. The normalized spacial score (nSPS) is 11.5. The molecule has 0 amide bonds. The lowest BCUT2D eigenvalue weighted by molar-refractivity contribution is 0.459. The molecule has 0 aromatic heterocycles. The topological polar surface area (TPSA) is 46.2 Å². The van der Waals surface area contributed by atoms with Crippen molar-refractivity contribution in [3.8, 4) is 0 Å². The first-order valence-electron chi connectivity index (χ1n) is 6.21. The van der Waals surface area contributed by atoms with Gasteiger partial charge in [0.2, 0.25) is 0 Å². The van der Waals surface area contributed by atoms with Crippen LogP contribution in [0.5, 0.6) is 0 Å². The third-order valence-corrected chi connectivity index (χ3v) is 4.36. The van der Waals surface area contributed by atoms with Crippen LogP contribution < -0.4 is 4.72 Å². The minimum Gasteiger partial charge on any atom is -0.274 e. The lowest BCUT2D eigenvalue weighted by Gasteiger charge is -2.11. The maximum atomic E-state index is 13.5. The molecule has 2 rings (SSSR count). The quantitative estimate of drug-likeness (QED) is 0.686. The molecule has 1 N–H and O–H groups in total. The summed E-state index contributed by atoms with van der Waals surface area (Å²) in [5.74, 6) is -7.02. The molecule has 3 nitrogen and oxygen atoms in total. The predicted octanol–water partition coefficient (Wildman–Crippen LogP) is 3.61. The van der Waals surface area contributed by atoms with Crippen LogP contribution in [0.1, 0.15) is 12.5 Å². The Morgan fingerprint density at radius 1 is 0.955 bits per heavy atom. The monoisotopic (exact) mass is 333 g/mol. The third-order valence-electron chi connectivity index (χ3n) is 2.99. The average molecular weight is 333 g/mol. The van der Waals surface area contributed by atoms with Gasteiger partial charge in [-0.25, -0.2) is 26.0 Å². The lowest BCUT2D eigenvalue weighted by atomic mass is 10.2. The highest BCUT2D eigenvalue weighted by atomic mass is 32.2. The summed E-state index contributed by atoms with van der Waals surface area (Å²) < 4.78 is 78.8. The standard InChI is InChI=1S/C14H11F4NO2S/c1-2-8-3-5-9(6-4-8)22(20,21)19-14-12(17)10(15)7-11(16)13(14)18/h3-7,19H,2H2,1H3. The molecule has 0 heterocycles. The van der Waals surface area contributed by atoms with Gasteiger partial charge in [0, 0.05) is 6.07 Å². The summed E-state index contributed by atoms with van der Waals surface area (Å²) in [6, 6.07) is 5.50. The van der Waals surface area contributed by atoms with E-state index < -0.39 is 39.0 Å². The summed E-state index contributed by atoms with van der Waals surface area (Å²) in [5.41, 5.74) is -0.537. The van der Waals surface area contributed by atoms with E-state index in [4.69, 9.17) is 0 Å². The molecular formula is C14H11F4NO2S. The van der Waals surface area contributed by atoms with E-state index >= 15 is 0 Å². The number of rotatable bonds is 4. The summed E-state index contributed by atoms with van der Waals surface area (Å²) in [7, 11) is -4.38. The molecule has 0 aliphatic rings. The molecule has 0 fully saturated rings. The van der Waals surface area contributed by atoms with Crippen LogP contribution in [0.3, 0.4) is 0 Å². The van der Waals surface area contributed by atoms with Gasteiger partial charge < -0.3 is 0 Å². The number of hydrogen-bond donors (Lipinski definition) is 1.